The van der Waals surface area contributed by atoms with Gasteiger partial charge in [-0.05, 0) is 6.07 Å². The van der Waals surface area contributed by atoms with Gasteiger partial charge in [-0.15, -0.1) is 0 Å². The zero-order valence-electron chi connectivity index (χ0n) is 8.30. The fraction of sp³-hybridized carbons (Fsp3) is 0.0769. The number of rotatable bonds is 2. The minimum Gasteiger partial charge on any atom is -0.201 e. The number of aromatic nitrogens is 1. The minimum absolute atomic E-state index is 0.741. The highest BCUT2D eigenvalue weighted by Gasteiger charge is 2.05. The van der Waals surface area contributed by atoms with Gasteiger partial charge in [-0.3, -0.25) is 0 Å². The lowest BCUT2D eigenvalue weighted by atomic mass is 10.1. The van der Waals surface area contributed by atoms with Crippen LogP contribution in [0.1, 0.15) is 11.1 Å². The molecule has 0 spiro atoms. The van der Waals surface area contributed by atoms with Crippen molar-refractivity contribution in [1.29, 1.82) is 5.26 Å². The maximum Gasteiger partial charge on any atom is 0.175 e. The third kappa shape index (κ3) is 2.21. The van der Waals surface area contributed by atoms with Gasteiger partial charge in [-0.2, -0.15) is 5.26 Å². The van der Waals surface area contributed by atoms with Crippen LogP contribution in [0.15, 0.2) is 54.9 Å². The third-order valence-electron chi connectivity index (χ3n) is 2.27. The first kappa shape index (κ1) is 9.42. The Hall–Kier alpha value is -2.14. The van der Waals surface area contributed by atoms with Crippen molar-refractivity contribution in [2.24, 2.45) is 0 Å². The van der Waals surface area contributed by atoms with Crippen LogP contribution in [0.4, 0.5) is 0 Å². The van der Waals surface area contributed by atoms with Gasteiger partial charge in [0, 0.05) is 17.7 Å². The Morgan fingerprint density at radius 2 is 1.73 bits per heavy atom. The fourth-order valence-corrected chi connectivity index (χ4v) is 1.50. The Labute approximate surface area is 89.0 Å². The molecule has 2 rings (SSSR count). The van der Waals surface area contributed by atoms with Gasteiger partial charge < -0.3 is 0 Å². The standard InChI is InChI=1S/C13H11N2/c14-10-12-6-2-3-7-13(12)11-15-8-4-1-5-9-15/h1-9H,11H2/q+1. The molecule has 0 aliphatic carbocycles. The summed E-state index contributed by atoms with van der Waals surface area (Å²) in [5, 5.41) is 8.94. The van der Waals surface area contributed by atoms with E-state index in [1.807, 2.05) is 54.9 Å². The lowest BCUT2D eigenvalue weighted by Crippen LogP contribution is -2.33. The smallest absolute Gasteiger partial charge is 0.175 e. The molecule has 0 unspecified atom stereocenters. The van der Waals surface area contributed by atoms with Crippen LogP contribution in [0.5, 0.6) is 0 Å². The molecule has 2 nitrogen and oxygen atoms in total. The van der Waals surface area contributed by atoms with E-state index in [1.165, 1.54) is 0 Å². The van der Waals surface area contributed by atoms with Gasteiger partial charge in [0.25, 0.3) is 0 Å². The molecule has 0 radical (unpaired) electrons. The molecular formula is C13H11N2+. The molecule has 0 aliphatic rings. The summed E-state index contributed by atoms with van der Waals surface area (Å²) in [5.41, 5.74) is 1.80. The Morgan fingerprint density at radius 3 is 2.47 bits per heavy atom. The Kier molecular flexibility index (Phi) is 2.75. The predicted molar refractivity (Wildman–Crippen MR) is 56.9 cm³/mol. The first-order valence-corrected chi connectivity index (χ1v) is 4.82. The molecule has 0 bridgehead atoms. The summed E-state index contributed by atoms with van der Waals surface area (Å²) in [5.74, 6) is 0. The molecule has 1 aromatic carbocycles. The van der Waals surface area contributed by atoms with E-state index in [0.29, 0.717) is 0 Å². The van der Waals surface area contributed by atoms with Crippen molar-refractivity contribution in [2.75, 3.05) is 0 Å². The number of nitrogens with zero attached hydrogens (tertiary/aromatic N) is 2. The highest BCUT2D eigenvalue weighted by Crippen LogP contribution is 2.06. The van der Waals surface area contributed by atoms with Crippen LogP contribution in [0, 0.1) is 11.3 Å². The van der Waals surface area contributed by atoms with E-state index in [4.69, 9.17) is 5.26 Å². The van der Waals surface area contributed by atoms with Crippen LogP contribution in [0.2, 0.25) is 0 Å². The third-order valence-corrected chi connectivity index (χ3v) is 2.27. The number of hydrogen-bond acceptors (Lipinski definition) is 1. The number of benzene rings is 1. The number of nitriles is 1. The molecular weight excluding hydrogens is 184 g/mol. The maximum absolute atomic E-state index is 8.94. The van der Waals surface area contributed by atoms with Crippen molar-refractivity contribution in [3.8, 4) is 6.07 Å². The first-order valence-electron chi connectivity index (χ1n) is 4.82. The molecule has 1 aromatic heterocycles. The van der Waals surface area contributed by atoms with E-state index in [0.717, 1.165) is 17.7 Å². The minimum atomic E-state index is 0.741. The summed E-state index contributed by atoms with van der Waals surface area (Å²) in [6.07, 6.45) is 3.99. The molecule has 0 fully saturated rings. The first-order chi connectivity index (χ1) is 7.40. The summed E-state index contributed by atoms with van der Waals surface area (Å²) in [6, 6.07) is 15.8. The Morgan fingerprint density at radius 1 is 1.00 bits per heavy atom. The van der Waals surface area contributed by atoms with Crippen molar-refractivity contribution < 1.29 is 4.57 Å². The SMILES string of the molecule is N#Cc1ccccc1C[n+]1ccccc1. The summed E-state index contributed by atoms with van der Waals surface area (Å²) in [7, 11) is 0. The number of hydrogen-bond donors (Lipinski definition) is 0. The van der Waals surface area contributed by atoms with Crippen LogP contribution >= 0.6 is 0 Å². The summed E-state index contributed by atoms with van der Waals surface area (Å²) < 4.78 is 2.05. The fourth-order valence-electron chi connectivity index (χ4n) is 1.50. The van der Waals surface area contributed by atoms with Crippen LogP contribution in [-0.4, -0.2) is 0 Å². The van der Waals surface area contributed by atoms with Gasteiger partial charge in [0.15, 0.2) is 18.9 Å². The zero-order valence-corrected chi connectivity index (χ0v) is 8.30. The normalized spacial score (nSPS) is 9.53. The van der Waals surface area contributed by atoms with E-state index in [-0.39, 0.29) is 0 Å². The summed E-state index contributed by atoms with van der Waals surface area (Å²) in [4.78, 5) is 0. The molecule has 0 atom stereocenters. The molecule has 2 heteroatoms. The lowest BCUT2D eigenvalue weighted by molar-refractivity contribution is -0.688. The van der Waals surface area contributed by atoms with Crippen LogP contribution < -0.4 is 4.57 Å². The second kappa shape index (κ2) is 4.39. The molecule has 0 amide bonds. The van der Waals surface area contributed by atoms with E-state index in [9.17, 15) is 0 Å². The van der Waals surface area contributed by atoms with E-state index in [2.05, 4.69) is 10.6 Å². The molecule has 2 aromatic rings. The number of pyridine rings is 1. The Bertz CT molecular complexity index is 483. The predicted octanol–water partition coefficient (Wildman–Crippen LogP) is 1.89. The summed E-state index contributed by atoms with van der Waals surface area (Å²) in [6.45, 7) is 0.741. The van der Waals surface area contributed by atoms with Crippen molar-refractivity contribution in [3.63, 3.8) is 0 Å². The maximum atomic E-state index is 8.94. The van der Waals surface area contributed by atoms with E-state index >= 15 is 0 Å². The lowest BCUT2D eigenvalue weighted by Gasteiger charge is -1.99. The van der Waals surface area contributed by atoms with Crippen molar-refractivity contribution >= 4 is 0 Å². The van der Waals surface area contributed by atoms with Gasteiger partial charge in [0.1, 0.15) is 0 Å². The average Bonchev–Trinajstić information content (AvgIpc) is 2.31. The summed E-state index contributed by atoms with van der Waals surface area (Å²) >= 11 is 0. The highest BCUT2D eigenvalue weighted by molar-refractivity contribution is 5.36. The van der Waals surface area contributed by atoms with Gasteiger partial charge in [0.2, 0.25) is 0 Å². The molecule has 0 N–H and O–H groups in total. The second-order valence-electron chi connectivity index (χ2n) is 3.32. The van der Waals surface area contributed by atoms with Gasteiger partial charge in [0.05, 0.1) is 11.6 Å². The molecule has 1 heterocycles. The quantitative estimate of drug-likeness (QED) is 0.672. The van der Waals surface area contributed by atoms with E-state index in [1.54, 1.807) is 0 Å². The average molecular weight is 195 g/mol. The van der Waals surface area contributed by atoms with Crippen LogP contribution in [-0.2, 0) is 6.54 Å². The molecule has 72 valence electrons. The van der Waals surface area contributed by atoms with Crippen LogP contribution in [0.25, 0.3) is 0 Å². The molecule has 0 saturated heterocycles. The van der Waals surface area contributed by atoms with Gasteiger partial charge in [-0.1, -0.05) is 24.3 Å². The topological polar surface area (TPSA) is 27.7 Å². The highest BCUT2D eigenvalue weighted by atomic mass is 14.9. The second-order valence-corrected chi connectivity index (χ2v) is 3.32. The molecule has 0 saturated carbocycles. The zero-order chi connectivity index (χ0) is 10.5. The van der Waals surface area contributed by atoms with Crippen LogP contribution in [0.3, 0.4) is 0 Å². The van der Waals surface area contributed by atoms with E-state index < -0.39 is 0 Å². The molecule has 15 heavy (non-hydrogen) atoms. The van der Waals surface area contributed by atoms with Gasteiger partial charge >= 0.3 is 0 Å². The molecule has 0 aliphatic heterocycles. The van der Waals surface area contributed by atoms with Crippen molar-refractivity contribution in [3.05, 3.63) is 66.0 Å². The van der Waals surface area contributed by atoms with Crippen molar-refractivity contribution in [1.82, 2.24) is 0 Å². The Balaban J connectivity index is 2.29. The van der Waals surface area contributed by atoms with Gasteiger partial charge in [-0.25, -0.2) is 4.57 Å². The van der Waals surface area contributed by atoms with Crippen molar-refractivity contribution in [2.45, 2.75) is 6.54 Å². The largest absolute Gasteiger partial charge is 0.201 e. The monoisotopic (exact) mass is 195 g/mol.